The molecule has 1 rings (SSSR count). The summed E-state index contributed by atoms with van der Waals surface area (Å²) < 4.78 is 0. The van der Waals surface area contributed by atoms with E-state index in [4.69, 9.17) is 11.6 Å². The van der Waals surface area contributed by atoms with Gasteiger partial charge in [-0.25, -0.2) is 0 Å². The van der Waals surface area contributed by atoms with E-state index in [1.54, 1.807) is 0 Å². The lowest BCUT2D eigenvalue weighted by molar-refractivity contribution is 0.0846. The van der Waals surface area contributed by atoms with E-state index in [2.05, 4.69) is 25.7 Å². The predicted molar refractivity (Wildman–Crippen MR) is 45.6 cm³/mol. The Kier molecular flexibility index (Phi) is 2.26. The molecule has 0 saturated carbocycles. The van der Waals surface area contributed by atoms with Crippen molar-refractivity contribution in [2.45, 2.75) is 38.1 Å². The van der Waals surface area contributed by atoms with Crippen molar-refractivity contribution in [1.82, 2.24) is 4.90 Å². The summed E-state index contributed by atoms with van der Waals surface area (Å²) in [4.78, 5) is 2.51. The molecule has 1 fully saturated rings. The van der Waals surface area contributed by atoms with Crippen LogP contribution in [0, 0.1) is 0 Å². The second-order valence-corrected chi connectivity index (χ2v) is 4.30. The zero-order valence-corrected chi connectivity index (χ0v) is 7.78. The molecule has 60 valence electrons. The number of hydrogen-bond acceptors (Lipinski definition) is 1. The van der Waals surface area contributed by atoms with Crippen LogP contribution in [0.2, 0.25) is 0 Å². The van der Waals surface area contributed by atoms with Crippen LogP contribution in [-0.4, -0.2) is 28.9 Å². The van der Waals surface area contributed by atoms with Gasteiger partial charge in [0.25, 0.3) is 0 Å². The number of rotatable bonds is 2. The Bertz CT molecular complexity index is 116. The number of hydrogen-bond donors (Lipinski definition) is 0. The van der Waals surface area contributed by atoms with Gasteiger partial charge in [-0.05, 0) is 20.3 Å². The first-order chi connectivity index (χ1) is 4.57. The molecule has 0 aromatic carbocycles. The van der Waals surface area contributed by atoms with Crippen molar-refractivity contribution < 1.29 is 0 Å². The van der Waals surface area contributed by atoms with Gasteiger partial charge in [0.15, 0.2) is 0 Å². The molecule has 0 aromatic heterocycles. The molecule has 0 N–H and O–H groups in total. The quantitative estimate of drug-likeness (QED) is 0.561. The van der Waals surface area contributed by atoms with Gasteiger partial charge in [0.1, 0.15) is 0 Å². The third-order valence-electron chi connectivity index (χ3n) is 2.34. The van der Waals surface area contributed by atoms with Gasteiger partial charge >= 0.3 is 0 Å². The Morgan fingerprint density at radius 1 is 1.50 bits per heavy atom. The molecule has 1 aliphatic rings. The molecule has 0 aromatic rings. The van der Waals surface area contributed by atoms with Gasteiger partial charge in [0.05, 0.1) is 4.87 Å². The highest BCUT2D eigenvalue weighted by Gasteiger charge is 2.40. The molecule has 10 heavy (non-hydrogen) atoms. The van der Waals surface area contributed by atoms with Crippen LogP contribution in [0.25, 0.3) is 0 Å². The average Bonchev–Trinajstić information content (AvgIpc) is 1.80. The summed E-state index contributed by atoms with van der Waals surface area (Å²) in [7, 11) is 0. The SMILES string of the molecule is CCC1(Cl)CN(C(C)C)C1. The molecule has 0 radical (unpaired) electrons. The molecule has 0 atom stereocenters. The monoisotopic (exact) mass is 161 g/mol. The van der Waals surface area contributed by atoms with Crippen molar-refractivity contribution in [1.29, 1.82) is 0 Å². The minimum Gasteiger partial charge on any atom is -0.297 e. The van der Waals surface area contributed by atoms with E-state index in [1.165, 1.54) is 0 Å². The molecule has 0 bridgehead atoms. The third-order valence-corrected chi connectivity index (χ3v) is 2.84. The zero-order chi connectivity index (χ0) is 7.78. The molecule has 0 unspecified atom stereocenters. The highest BCUT2D eigenvalue weighted by molar-refractivity contribution is 6.24. The van der Waals surface area contributed by atoms with E-state index < -0.39 is 0 Å². The Morgan fingerprint density at radius 2 is 2.00 bits per heavy atom. The fourth-order valence-corrected chi connectivity index (χ4v) is 1.58. The maximum absolute atomic E-state index is 6.19. The first-order valence-corrected chi connectivity index (χ1v) is 4.38. The summed E-state index contributed by atoms with van der Waals surface area (Å²) in [5, 5.41) is 0. The van der Waals surface area contributed by atoms with Crippen LogP contribution in [-0.2, 0) is 0 Å². The van der Waals surface area contributed by atoms with Crippen LogP contribution >= 0.6 is 11.6 Å². The van der Waals surface area contributed by atoms with Crippen molar-refractivity contribution in [2.24, 2.45) is 0 Å². The van der Waals surface area contributed by atoms with Gasteiger partial charge in [-0.15, -0.1) is 11.6 Å². The summed E-state index contributed by atoms with van der Waals surface area (Å²) in [6.45, 7) is 8.73. The van der Waals surface area contributed by atoms with E-state index in [9.17, 15) is 0 Å². The second-order valence-electron chi connectivity index (χ2n) is 3.50. The third kappa shape index (κ3) is 1.46. The summed E-state index contributed by atoms with van der Waals surface area (Å²) in [5.74, 6) is 0. The minimum atomic E-state index is 0.115. The average molecular weight is 162 g/mol. The van der Waals surface area contributed by atoms with Crippen molar-refractivity contribution in [3.63, 3.8) is 0 Å². The maximum atomic E-state index is 6.19. The molecular weight excluding hydrogens is 146 g/mol. The van der Waals surface area contributed by atoms with Gasteiger partial charge in [0, 0.05) is 19.1 Å². The van der Waals surface area contributed by atoms with Crippen LogP contribution in [0.1, 0.15) is 27.2 Å². The Morgan fingerprint density at radius 3 is 2.30 bits per heavy atom. The summed E-state index contributed by atoms with van der Waals surface area (Å²) >= 11 is 6.19. The van der Waals surface area contributed by atoms with Crippen molar-refractivity contribution in [2.75, 3.05) is 13.1 Å². The normalized spacial score (nSPS) is 24.9. The first-order valence-electron chi connectivity index (χ1n) is 4.00. The van der Waals surface area contributed by atoms with Gasteiger partial charge in [-0.1, -0.05) is 6.92 Å². The Hall–Kier alpha value is 0.250. The van der Waals surface area contributed by atoms with E-state index in [0.717, 1.165) is 19.5 Å². The second kappa shape index (κ2) is 2.71. The lowest BCUT2D eigenvalue weighted by Gasteiger charge is -2.48. The first kappa shape index (κ1) is 8.35. The van der Waals surface area contributed by atoms with Crippen LogP contribution in [0.15, 0.2) is 0 Å². The molecule has 1 saturated heterocycles. The number of nitrogens with zero attached hydrogens (tertiary/aromatic N) is 1. The van der Waals surface area contributed by atoms with E-state index in [0.29, 0.717) is 6.04 Å². The number of halogens is 1. The van der Waals surface area contributed by atoms with Gasteiger partial charge < -0.3 is 0 Å². The highest BCUT2D eigenvalue weighted by atomic mass is 35.5. The molecule has 1 heterocycles. The van der Waals surface area contributed by atoms with Gasteiger partial charge in [-0.3, -0.25) is 4.90 Å². The lowest BCUT2D eigenvalue weighted by Crippen LogP contribution is -2.60. The Balaban J connectivity index is 2.29. The topological polar surface area (TPSA) is 3.24 Å². The molecule has 1 nitrogen and oxygen atoms in total. The largest absolute Gasteiger partial charge is 0.297 e. The zero-order valence-electron chi connectivity index (χ0n) is 7.02. The fraction of sp³-hybridized carbons (Fsp3) is 1.00. The summed E-state index contributed by atoms with van der Waals surface area (Å²) in [6, 6.07) is 0.665. The highest BCUT2D eigenvalue weighted by Crippen LogP contribution is 2.32. The predicted octanol–water partition coefficient (Wildman–Crippen LogP) is 2.10. The van der Waals surface area contributed by atoms with Crippen molar-refractivity contribution in [3.8, 4) is 0 Å². The van der Waals surface area contributed by atoms with E-state index in [1.807, 2.05) is 0 Å². The molecule has 2 heteroatoms. The molecule has 0 amide bonds. The Labute approximate surface area is 68.4 Å². The molecule has 0 aliphatic carbocycles. The molecule has 0 spiro atoms. The summed E-state index contributed by atoms with van der Waals surface area (Å²) in [5.41, 5.74) is 0. The molecule has 1 aliphatic heterocycles. The van der Waals surface area contributed by atoms with Crippen molar-refractivity contribution in [3.05, 3.63) is 0 Å². The molecular formula is C8H16ClN. The van der Waals surface area contributed by atoms with Crippen LogP contribution in [0.3, 0.4) is 0 Å². The maximum Gasteiger partial charge on any atom is 0.0697 e. The summed E-state index contributed by atoms with van der Waals surface area (Å²) in [6.07, 6.45) is 1.10. The van der Waals surface area contributed by atoms with Crippen LogP contribution < -0.4 is 0 Å². The number of likely N-dealkylation sites (tertiary alicyclic amines) is 1. The van der Waals surface area contributed by atoms with Crippen LogP contribution in [0.5, 0.6) is 0 Å². The minimum absolute atomic E-state index is 0.115. The standard InChI is InChI=1S/C8H16ClN/c1-4-8(9)5-10(6-8)7(2)3/h7H,4-6H2,1-3H3. The number of alkyl halides is 1. The van der Waals surface area contributed by atoms with Gasteiger partial charge in [0.2, 0.25) is 0 Å². The van der Waals surface area contributed by atoms with E-state index in [-0.39, 0.29) is 4.87 Å². The van der Waals surface area contributed by atoms with Gasteiger partial charge in [-0.2, -0.15) is 0 Å². The smallest absolute Gasteiger partial charge is 0.0697 e. The van der Waals surface area contributed by atoms with E-state index >= 15 is 0 Å². The lowest BCUT2D eigenvalue weighted by atomic mass is 9.95. The fourth-order valence-electron chi connectivity index (χ4n) is 1.27. The van der Waals surface area contributed by atoms with Crippen LogP contribution in [0.4, 0.5) is 0 Å². The van der Waals surface area contributed by atoms with Crippen molar-refractivity contribution >= 4 is 11.6 Å².